The van der Waals surface area contributed by atoms with Gasteiger partial charge in [0.2, 0.25) is 0 Å². The number of nitrogens with two attached hydrogens (primary N) is 1. The van der Waals surface area contributed by atoms with E-state index in [-0.39, 0.29) is 0 Å². The van der Waals surface area contributed by atoms with Crippen LogP contribution in [0.4, 0.5) is 11.4 Å². The van der Waals surface area contributed by atoms with Crippen molar-refractivity contribution in [3.8, 4) is 0 Å². The Morgan fingerprint density at radius 2 is 1.80 bits per heavy atom. The summed E-state index contributed by atoms with van der Waals surface area (Å²) in [6.07, 6.45) is 2.62. The molecule has 2 nitrogen and oxygen atoms in total. The molecular weight excluding hydrogens is 244 g/mol. The van der Waals surface area contributed by atoms with Crippen LogP contribution in [0.15, 0.2) is 42.5 Å². The van der Waals surface area contributed by atoms with Gasteiger partial charge in [-0.3, -0.25) is 0 Å². The molecule has 2 aromatic rings. The van der Waals surface area contributed by atoms with Gasteiger partial charge in [-0.05, 0) is 55.2 Å². The Morgan fingerprint density at radius 3 is 2.50 bits per heavy atom. The molecule has 1 saturated carbocycles. The van der Waals surface area contributed by atoms with Crippen molar-refractivity contribution in [1.82, 2.24) is 0 Å². The van der Waals surface area contributed by atoms with Crippen molar-refractivity contribution in [2.45, 2.75) is 31.7 Å². The second-order valence-corrected chi connectivity index (χ2v) is 6.39. The van der Waals surface area contributed by atoms with Crippen LogP contribution in [-0.4, -0.2) is 6.54 Å². The zero-order valence-electron chi connectivity index (χ0n) is 11.9. The topological polar surface area (TPSA) is 29.3 Å². The van der Waals surface area contributed by atoms with Crippen molar-refractivity contribution in [1.29, 1.82) is 0 Å². The molecule has 1 heterocycles. The van der Waals surface area contributed by atoms with Crippen LogP contribution in [0.2, 0.25) is 0 Å². The zero-order valence-corrected chi connectivity index (χ0v) is 11.9. The SMILES string of the molecule is Cc1ccc(N2Cc3cc(N)ccc3C3(CC3)C2)cc1. The fraction of sp³-hybridized carbons (Fsp3) is 0.333. The molecule has 20 heavy (non-hydrogen) atoms. The molecule has 2 aliphatic rings. The van der Waals surface area contributed by atoms with Crippen LogP contribution in [0, 0.1) is 6.92 Å². The predicted octanol–water partition coefficient (Wildman–Crippen LogP) is 3.63. The third-order valence-corrected chi connectivity index (χ3v) is 4.81. The average Bonchev–Trinajstić information content (AvgIpc) is 3.19. The number of nitrogens with zero attached hydrogens (tertiary/aromatic N) is 1. The van der Waals surface area contributed by atoms with Crippen molar-refractivity contribution < 1.29 is 0 Å². The summed E-state index contributed by atoms with van der Waals surface area (Å²) in [6.45, 7) is 4.26. The minimum Gasteiger partial charge on any atom is -0.399 e. The zero-order chi connectivity index (χ0) is 13.7. The van der Waals surface area contributed by atoms with Gasteiger partial charge in [-0.1, -0.05) is 23.8 Å². The van der Waals surface area contributed by atoms with Crippen LogP contribution >= 0.6 is 0 Å². The number of hydrogen-bond donors (Lipinski definition) is 1. The summed E-state index contributed by atoms with van der Waals surface area (Å²) in [5.41, 5.74) is 12.8. The molecule has 1 aliphatic carbocycles. The Labute approximate surface area is 120 Å². The molecule has 2 heteroatoms. The van der Waals surface area contributed by atoms with E-state index < -0.39 is 0 Å². The summed E-state index contributed by atoms with van der Waals surface area (Å²) in [6, 6.07) is 15.3. The lowest BCUT2D eigenvalue weighted by molar-refractivity contribution is 0.593. The van der Waals surface area contributed by atoms with Crippen LogP contribution in [0.1, 0.15) is 29.5 Å². The summed E-state index contributed by atoms with van der Waals surface area (Å²) in [5.74, 6) is 0. The summed E-state index contributed by atoms with van der Waals surface area (Å²) < 4.78 is 0. The molecule has 0 unspecified atom stereocenters. The van der Waals surface area contributed by atoms with Gasteiger partial charge in [0.25, 0.3) is 0 Å². The van der Waals surface area contributed by atoms with Crippen LogP contribution in [0.25, 0.3) is 0 Å². The smallest absolute Gasteiger partial charge is 0.0433 e. The Hall–Kier alpha value is -1.96. The van der Waals surface area contributed by atoms with Crippen LogP contribution in [-0.2, 0) is 12.0 Å². The van der Waals surface area contributed by atoms with Gasteiger partial charge >= 0.3 is 0 Å². The highest BCUT2D eigenvalue weighted by Crippen LogP contribution is 2.53. The number of rotatable bonds is 1. The maximum atomic E-state index is 5.98. The Morgan fingerprint density at radius 1 is 1.05 bits per heavy atom. The molecule has 0 radical (unpaired) electrons. The second kappa shape index (κ2) is 4.02. The van der Waals surface area contributed by atoms with E-state index in [1.54, 1.807) is 0 Å². The van der Waals surface area contributed by atoms with E-state index >= 15 is 0 Å². The summed E-state index contributed by atoms with van der Waals surface area (Å²) >= 11 is 0. The van der Waals surface area contributed by atoms with E-state index in [9.17, 15) is 0 Å². The molecule has 2 N–H and O–H groups in total. The standard InChI is InChI=1S/C18H20N2/c1-13-2-5-16(6-3-13)20-11-14-10-15(19)4-7-17(14)18(12-20)8-9-18/h2-7,10H,8-9,11-12,19H2,1H3. The molecule has 0 aromatic heterocycles. The third kappa shape index (κ3) is 1.79. The van der Waals surface area contributed by atoms with Crippen molar-refractivity contribution in [2.75, 3.05) is 17.2 Å². The first-order chi connectivity index (χ1) is 9.66. The van der Waals surface area contributed by atoms with Gasteiger partial charge in [-0.2, -0.15) is 0 Å². The van der Waals surface area contributed by atoms with Gasteiger partial charge in [0.05, 0.1) is 0 Å². The lowest BCUT2D eigenvalue weighted by Gasteiger charge is -2.37. The van der Waals surface area contributed by atoms with E-state index in [0.717, 1.165) is 18.8 Å². The first-order valence-electron chi connectivity index (χ1n) is 7.37. The van der Waals surface area contributed by atoms with Gasteiger partial charge < -0.3 is 10.6 Å². The molecule has 2 aromatic carbocycles. The number of nitrogen functional groups attached to an aromatic ring is 1. The van der Waals surface area contributed by atoms with Crippen LogP contribution in [0.5, 0.6) is 0 Å². The fourth-order valence-electron chi connectivity index (χ4n) is 3.49. The lowest BCUT2D eigenvalue weighted by atomic mass is 9.86. The van der Waals surface area contributed by atoms with Crippen molar-refractivity contribution >= 4 is 11.4 Å². The maximum Gasteiger partial charge on any atom is 0.0433 e. The minimum absolute atomic E-state index is 0.395. The first-order valence-corrected chi connectivity index (χ1v) is 7.37. The molecule has 1 fully saturated rings. The molecule has 0 atom stereocenters. The number of fused-ring (bicyclic) bond motifs is 2. The van der Waals surface area contributed by atoms with E-state index in [2.05, 4.69) is 54.3 Å². The average molecular weight is 264 g/mol. The van der Waals surface area contributed by atoms with Crippen LogP contribution < -0.4 is 10.6 Å². The van der Waals surface area contributed by atoms with E-state index in [1.165, 1.54) is 35.2 Å². The monoisotopic (exact) mass is 264 g/mol. The number of aryl methyl sites for hydroxylation is 1. The highest BCUT2D eigenvalue weighted by Gasteiger charge is 2.49. The lowest BCUT2D eigenvalue weighted by Crippen LogP contribution is -2.37. The molecule has 1 aliphatic heterocycles. The Bertz CT molecular complexity index is 654. The molecule has 1 spiro atoms. The van der Waals surface area contributed by atoms with Crippen molar-refractivity contribution in [3.05, 3.63) is 59.2 Å². The van der Waals surface area contributed by atoms with Gasteiger partial charge in [0, 0.05) is 29.9 Å². The molecule has 102 valence electrons. The minimum atomic E-state index is 0.395. The first kappa shape index (κ1) is 11.8. The predicted molar refractivity (Wildman–Crippen MR) is 84.0 cm³/mol. The van der Waals surface area contributed by atoms with E-state index in [1.807, 2.05) is 0 Å². The van der Waals surface area contributed by atoms with E-state index in [4.69, 9.17) is 5.73 Å². The Balaban J connectivity index is 1.74. The number of hydrogen-bond acceptors (Lipinski definition) is 2. The van der Waals surface area contributed by atoms with Gasteiger partial charge in [-0.25, -0.2) is 0 Å². The molecule has 0 amide bonds. The summed E-state index contributed by atoms with van der Waals surface area (Å²) in [5, 5.41) is 0. The van der Waals surface area contributed by atoms with Crippen LogP contribution in [0.3, 0.4) is 0 Å². The van der Waals surface area contributed by atoms with Gasteiger partial charge in [0.15, 0.2) is 0 Å². The Kier molecular flexibility index (Phi) is 2.38. The highest BCUT2D eigenvalue weighted by molar-refractivity contribution is 5.57. The quantitative estimate of drug-likeness (QED) is 0.797. The molecule has 0 bridgehead atoms. The second-order valence-electron chi connectivity index (χ2n) is 6.39. The number of benzene rings is 2. The maximum absolute atomic E-state index is 5.98. The highest BCUT2D eigenvalue weighted by atomic mass is 15.2. The van der Waals surface area contributed by atoms with Gasteiger partial charge in [-0.15, -0.1) is 0 Å². The van der Waals surface area contributed by atoms with Gasteiger partial charge in [0.1, 0.15) is 0 Å². The van der Waals surface area contributed by atoms with E-state index in [0.29, 0.717) is 5.41 Å². The molecule has 0 saturated heterocycles. The number of anilines is 2. The van der Waals surface area contributed by atoms with Crippen molar-refractivity contribution in [2.24, 2.45) is 0 Å². The van der Waals surface area contributed by atoms with Crippen molar-refractivity contribution in [3.63, 3.8) is 0 Å². The normalized spacial score (nSPS) is 18.9. The molecular formula is C18H20N2. The summed E-state index contributed by atoms with van der Waals surface area (Å²) in [7, 11) is 0. The fourth-order valence-corrected chi connectivity index (χ4v) is 3.49. The molecule has 4 rings (SSSR count). The largest absolute Gasteiger partial charge is 0.399 e. The third-order valence-electron chi connectivity index (χ3n) is 4.81. The summed E-state index contributed by atoms with van der Waals surface area (Å²) in [4.78, 5) is 2.51.